The van der Waals surface area contributed by atoms with Gasteiger partial charge in [0.25, 0.3) is 0 Å². The van der Waals surface area contributed by atoms with E-state index in [9.17, 15) is 4.39 Å². The molecular formula is C14H11Cl2FN2O2. The highest BCUT2D eigenvalue weighted by atomic mass is 35.5. The summed E-state index contributed by atoms with van der Waals surface area (Å²) in [5, 5.41) is 3.32. The van der Waals surface area contributed by atoms with Crippen molar-refractivity contribution in [3.63, 3.8) is 0 Å². The minimum atomic E-state index is -0.509. The van der Waals surface area contributed by atoms with E-state index < -0.39 is 5.82 Å². The molecular weight excluding hydrogens is 318 g/mol. The first kappa shape index (κ1) is 14.1. The van der Waals surface area contributed by atoms with Crippen LogP contribution in [-0.2, 0) is 0 Å². The molecule has 110 valence electrons. The molecule has 0 aromatic heterocycles. The van der Waals surface area contributed by atoms with Gasteiger partial charge in [0, 0.05) is 12.1 Å². The van der Waals surface area contributed by atoms with Gasteiger partial charge in [0.1, 0.15) is 19.0 Å². The highest BCUT2D eigenvalue weighted by Gasteiger charge is 2.16. The minimum Gasteiger partial charge on any atom is -0.486 e. The molecule has 0 saturated carbocycles. The summed E-state index contributed by atoms with van der Waals surface area (Å²) in [4.78, 5) is 0. The van der Waals surface area contributed by atoms with Crippen LogP contribution in [0.5, 0.6) is 11.5 Å². The van der Waals surface area contributed by atoms with E-state index in [1.165, 1.54) is 12.1 Å². The number of halogens is 3. The molecule has 3 rings (SSSR count). The number of nitrogens with one attached hydrogen (secondary N) is 1. The third-order valence-corrected chi connectivity index (χ3v) is 3.58. The highest BCUT2D eigenvalue weighted by Crippen LogP contribution is 2.40. The molecule has 2 aromatic carbocycles. The first-order valence-corrected chi connectivity index (χ1v) is 6.91. The number of anilines is 3. The van der Waals surface area contributed by atoms with Crippen molar-refractivity contribution in [1.29, 1.82) is 0 Å². The first-order valence-electron chi connectivity index (χ1n) is 6.15. The van der Waals surface area contributed by atoms with E-state index in [4.69, 9.17) is 38.4 Å². The van der Waals surface area contributed by atoms with E-state index in [-0.39, 0.29) is 10.0 Å². The molecule has 1 aliphatic heterocycles. The summed E-state index contributed by atoms with van der Waals surface area (Å²) >= 11 is 12.0. The second kappa shape index (κ2) is 5.50. The van der Waals surface area contributed by atoms with Crippen LogP contribution in [0.25, 0.3) is 0 Å². The Bertz CT molecular complexity index is 687. The number of rotatable bonds is 2. The van der Waals surface area contributed by atoms with Crippen molar-refractivity contribution in [2.45, 2.75) is 0 Å². The average Bonchev–Trinajstić information content (AvgIpc) is 2.43. The number of benzene rings is 2. The maximum atomic E-state index is 13.2. The van der Waals surface area contributed by atoms with Gasteiger partial charge >= 0.3 is 0 Å². The van der Waals surface area contributed by atoms with Crippen LogP contribution in [0, 0.1) is 5.82 Å². The minimum absolute atomic E-state index is 0.161. The molecule has 0 spiro atoms. The summed E-state index contributed by atoms with van der Waals surface area (Å²) in [7, 11) is 0. The normalized spacial score (nSPS) is 13.1. The van der Waals surface area contributed by atoms with Gasteiger partial charge in [0.05, 0.1) is 27.1 Å². The molecule has 0 bridgehead atoms. The first-order chi connectivity index (χ1) is 10.0. The molecule has 0 saturated heterocycles. The molecule has 0 amide bonds. The van der Waals surface area contributed by atoms with E-state index >= 15 is 0 Å². The van der Waals surface area contributed by atoms with Crippen LogP contribution in [0.1, 0.15) is 0 Å². The van der Waals surface area contributed by atoms with Crippen LogP contribution in [0.15, 0.2) is 24.3 Å². The van der Waals surface area contributed by atoms with Crippen molar-refractivity contribution in [3.05, 3.63) is 40.1 Å². The summed E-state index contributed by atoms with van der Waals surface area (Å²) < 4.78 is 24.1. The summed E-state index contributed by atoms with van der Waals surface area (Å²) in [5.74, 6) is 0.651. The van der Waals surface area contributed by atoms with Crippen LogP contribution < -0.4 is 20.5 Å². The van der Waals surface area contributed by atoms with Gasteiger partial charge < -0.3 is 20.5 Å². The Balaban J connectivity index is 1.99. The predicted octanol–water partition coefficient (Wildman–Crippen LogP) is 4.23. The summed E-state index contributed by atoms with van der Waals surface area (Å²) in [6, 6.07) is 5.69. The van der Waals surface area contributed by atoms with Crippen molar-refractivity contribution in [2.24, 2.45) is 0 Å². The Morgan fingerprint density at radius 2 is 1.57 bits per heavy atom. The van der Waals surface area contributed by atoms with Gasteiger partial charge in [0.15, 0.2) is 11.5 Å². The Labute approximate surface area is 130 Å². The van der Waals surface area contributed by atoms with Crippen LogP contribution in [0.2, 0.25) is 10.0 Å². The third-order valence-electron chi connectivity index (χ3n) is 2.98. The molecule has 1 aliphatic rings. The number of hydrogen-bond acceptors (Lipinski definition) is 4. The highest BCUT2D eigenvalue weighted by molar-refractivity contribution is 6.39. The number of hydrogen-bond donors (Lipinski definition) is 2. The molecule has 0 unspecified atom stereocenters. The molecule has 4 nitrogen and oxygen atoms in total. The van der Waals surface area contributed by atoms with Crippen molar-refractivity contribution in [1.82, 2.24) is 0 Å². The Morgan fingerprint density at radius 3 is 2.19 bits per heavy atom. The lowest BCUT2D eigenvalue weighted by Crippen LogP contribution is -2.15. The molecule has 0 aliphatic carbocycles. The lowest BCUT2D eigenvalue weighted by molar-refractivity contribution is 0.172. The molecule has 3 N–H and O–H groups in total. The number of fused-ring (bicyclic) bond motifs is 1. The summed E-state index contributed by atoms with van der Waals surface area (Å²) in [6.07, 6.45) is 0. The fourth-order valence-corrected chi connectivity index (χ4v) is 2.56. The standard InChI is InChI=1S/C14H11Cl2FN2O2/c15-8-3-7(17)4-9(16)14(8)19-11-6-13-12(5-10(11)18)20-1-2-21-13/h3-6,19H,1-2,18H2. The molecule has 2 aromatic rings. The van der Waals surface area contributed by atoms with E-state index in [2.05, 4.69) is 5.32 Å². The van der Waals surface area contributed by atoms with Crippen LogP contribution >= 0.6 is 23.2 Å². The fraction of sp³-hybridized carbons (Fsp3) is 0.143. The zero-order valence-corrected chi connectivity index (χ0v) is 12.3. The zero-order chi connectivity index (χ0) is 15.0. The predicted molar refractivity (Wildman–Crippen MR) is 81.5 cm³/mol. The Morgan fingerprint density at radius 1 is 1.00 bits per heavy atom. The zero-order valence-electron chi connectivity index (χ0n) is 10.8. The Hall–Kier alpha value is -1.85. The molecule has 7 heteroatoms. The molecule has 0 atom stereocenters. The van der Waals surface area contributed by atoms with Gasteiger partial charge in [-0.2, -0.15) is 0 Å². The van der Waals surface area contributed by atoms with E-state index in [0.717, 1.165) is 0 Å². The molecule has 0 radical (unpaired) electrons. The third kappa shape index (κ3) is 2.80. The van der Waals surface area contributed by atoms with Gasteiger partial charge in [0.2, 0.25) is 0 Å². The van der Waals surface area contributed by atoms with E-state index in [1.807, 2.05) is 0 Å². The maximum absolute atomic E-state index is 13.2. The second-order valence-corrected chi connectivity index (χ2v) is 5.27. The van der Waals surface area contributed by atoms with Gasteiger partial charge in [-0.25, -0.2) is 4.39 Å². The van der Waals surface area contributed by atoms with Crippen LogP contribution in [0.4, 0.5) is 21.5 Å². The number of ether oxygens (including phenoxy) is 2. The van der Waals surface area contributed by atoms with Crippen LogP contribution in [-0.4, -0.2) is 13.2 Å². The Kier molecular flexibility index (Phi) is 3.69. The quantitative estimate of drug-likeness (QED) is 0.810. The van der Waals surface area contributed by atoms with Crippen molar-refractivity contribution >= 4 is 40.3 Å². The van der Waals surface area contributed by atoms with Crippen LogP contribution in [0.3, 0.4) is 0 Å². The monoisotopic (exact) mass is 328 g/mol. The molecule has 0 fully saturated rings. The van der Waals surface area contributed by atoms with E-state index in [1.54, 1.807) is 12.1 Å². The largest absolute Gasteiger partial charge is 0.486 e. The lowest BCUT2D eigenvalue weighted by atomic mass is 10.2. The van der Waals surface area contributed by atoms with Crippen molar-refractivity contribution in [2.75, 3.05) is 24.3 Å². The van der Waals surface area contributed by atoms with Gasteiger partial charge in [-0.3, -0.25) is 0 Å². The second-order valence-electron chi connectivity index (χ2n) is 4.45. The SMILES string of the molecule is Nc1cc2c(cc1Nc1c(Cl)cc(F)cc1Cl)OCCO2. The summed E-state index contributed by atoms with van der Waals surface area (Å²) in [6.45, 7) is 0.948. The molecule has 1 heterocycles. The fourth-order valence-electron chi connectivity index (χ4n) is 2.01. The summed E-state index contributed by atoms with van der Waals surface area (Å²) in [5.41, 5.74) is 7.33. The van der Waals surface area contributed by atoms with Crippen molar-refractivity contribution in [3.8, 4) is 11.5 Å². The smallest absolute Gasteiger partial charge is 0.163 e. The number of nitrogen functional groups attached to an aromatic ring is 1. The van der Waals surface area contributed by atoms with Gasteiger partial charge in [-0.1, -0.05) is 23.2 Å². The van der Waals surface area contributed by atoms with Gasteiger partial charge in [-0.05, 0) is 12.1 Å². The molecule has 21 heavy (non-hydrogen) atoms. The maximum Gasteiger partial charge on any atom is 0.163 e. The lowest BCUT2D eigenvalue weighted by Gasteiger charge is -2.21. The topological polar surface area (TPSA) is 56.5 Å². The number of nitrogens with two attached hydrogens (primary N) is 1. The van der Waals surface area contributed by atoms with E-state index in [0.29, 0.717) is 41.8 Å². The average molecular weight is 329 g/mol. The van der Waals surface area contributed by atoms with Gasteiger partial charge in [-0.15, -0.1) is 0 Å². The van der Waals surface area contributed by atoms with Crippen molar-refractivity contribution < 1.29 is 13.9 Å².